The zero-order chi connectivity index (χ0) is 23.5. The molecule has 166 valence electrons. The number of nitriles is 1. The van der Waals surface area contributed by atoms with Crippen molar-refractivity contribution in [2.45, 2.75) is 6.92 Å². The Morgan fingerprint density at radius 1 is 1.06 bits per heavy atom. The molecule has 10 heteroatoms. The van der Waals surface area contributed by atoms with E-state index in [0.717, 1.165) is 0 Å². The highest BCUT2D eigenvalue weighted by Gasteiger charge is 2.18. The first-order valence-corrected chi connectivity index (χ1v) is 9.88. The molecule has 1 amide bonds. The van der Waals surface area contributed by atoms with Gasteiger partial charge in [-0.2, -0.15) is 15.2 Å². The normalized spacial score (nSPS) is 10.5. The van der Waals surface area contributed by atoms with Gasteiger partial charge in [-0.05, 0) is 37.3 Å². The summed E-state index contributed by atoms with van der Waals surface area (Å²) in [6, 6.07) is 13.5. The smallest absolute Gasteiger partial charge is 0.327 e. The Morgan fingerprint density at radius 2 is 1.88 bits per heavy atom. The van der Waals surface area contributed by atoms with Crippen molar-refractivity contribution in [2.75, 3.05) is 21.2 Å². The summed E-state index contributed by atoms with van der Waals surface area (Å²) in [5.74, 6) is 1.72. The van der Waals surface area contributed by atoms with Crippen molar-refractivity contribution in [1.29, 1.82) is 5.26 Å². The maximum Gasteiger partial charge on any atom is 0.327 e. The van der Waals surface area contributed by atoms with E-state index in [1.807, 2.05) is 0 Å². The fourth-order valence-corrected chi connectivity index (χ4v) is 3.07. The second-order valence-corrected chi connectivity index (χ2v) is 7.24. The van der Waals surface area contributed by atoms with Crippen LogP contribution in [-0.2, 0) is 0 Å². The van der Waals surface area contributed by atoms with Gasteiger partial charge >= 0.3 is 6.01 Å². The number of nitrogens with one attached hydrogen (secondary N) is 1. The Labute approximate surface area is 189 Å². The lowest BCUT2D eigenvalue weighted by molar-refractivity contribution is 0.0827. The van der Waals surface area contributed by atoms with E-state index in [-0.39, 0.29) is 23.5 Å². The third-order valence-corrected chi connectivity index (χ3v) is 4.61. The van der Waals surface area contributed by atoms with Crippen molar-refractivity contribution in [3.63, 3.8) is 0 Å². The van der Waals surface area contributed by atoms with Gasteiger partial charge in [0.25, 0.3) is 11.8 Å². The molecule has 4 rings (SSSR count). The molecule has 4 aromatic rings. The molecule has 0 aliphatic carbocycles. The molecule has 0 saturated carbocycles. The summed E-state index contributed by atoms with van der Waals surface area (Å²) >= 11 is 0. The number of aromatic amines is 1. The molecule has 0 spiro atoms. The second kappa shape index (κ2) is 8.84. The Bertz CT molecular complexity index is 1390. The van der Waals surface area contributed by atoms with Crippen LogP contribution in [0.4, 0.5) is 0 Å². The number of imidazole rings is 1. The van der Waals surface area contributed by atoms with Crippen LogP contribution in [0.2, 0.25) is 0 Å². The molecule has 0 bridgehead atoms. The number of carbonyl (C=O) groups excluding carboxylic acids is 1. The number of aryl methyl sites for hydroxylation is 1. The van der Waals surface area contributed by atoms with Gasteiger partial charge in [-0.15, -0.1) is 0 Å². The SMILES string of the molecule is COc1ccc(C#N)cc1Oc1nc(Oc2cccc(C(=O)N(C)C)c2)c2[nH]c(C)nc2n1. The van der Waals surface area contributed by atoms with Crippen LogP contribution in [0, 0.1) is 18.3 Å². The van der Waals surface area contributed by atoms with E-state index in [0.29, 0.717) is 39.6 Å². The average Bonchev–Trinajstić information content (AvgIpc) is 3.19. The fraction of sp³-hybridized carbons (Fsp3) is 0.174. The number of hydrogen-bond donors (Lipinski definition) is 1. The van der Waals surface area contributed by atoms with Crippen LogP contribution in [0.15, 0.2) is 42.5 Å². The summed E-state index contributed by atoms with van der Waals surface area (Å²) in [6.07, 6.45) is 0. The van der Waals surface area contributed by atoms with Crippen LogP contribution in [0.5, 0.6) is 29.1 Å². The van der Waals surface area contributed by atoms with Crippen molar-refractivity contribution in [3.8, 4) is 35.2 Å². The summed E-state index contributed by atoms with van der Waals surface area (Å²) in [6.45, 7) is 1.78. The quantitative estimate of drug-likeness (QED) is 0.475. The molecule has 0 aliphatic rings. The lowest BCUT2D eigenvalue weighted by Crippen LogP contribution is -2.21. The van der Waals surface area contributed by atoms with Crippen LogP contribution >= 0.6 is 0 Å². The Kier molecular flexibility index (Phi) is 5.78. The number of nitrogens with zero attached hydrogens (tertiary/aromatic N) is 5. The van der Waals surface area contributed by atoms with E-state index < -0.39 is 0 Å². The fourth-order valence-electron chi connectivity index (χ4n) is 3.07. The van der Waals surface area contributed by atoms with Crippen LogP contribution in [-0.4, -0.2) is 51.9 Å². The molecule has 33 heavy (non-hydrogen) atoms. The minimum absolute atomic E-state index is 0.0436. The molecule has 0 atom stereocenters. The number of benzene rings is 2. The first-order chi connectivity index (χ1) is 15.9. The van der Waals surface area contributed by atoms with Gasteiger partial charge in [0.1, 0.15) is 17.1 Å². The van der Waals surface area contributed by atoms with E-state index in [1.165, 1.54) is 18.1 Å². The van der Waals surface area contributed by atoms with Gasteiger partial charge in [-0.1, -0.05) is 6.07 Å². The summed E-state index contributed by atoms with van der Waals surface area (Å²) in [5, 5.41) is 9.20. The lowest BCUT2D eigenvalue weighted by atomic mass is 10.2. The number of amides is 1. The molecule has 0 fully saturated rings. The van der Waals surface area contributed by atoms with Gasteiger partial charge in [-0.3, -0.25) is 4.79 Å². The maximum atomic E-state index is 12.3. The summed E-state index contributed by atoms with van der Waals surface area (Å²) < 4.78 is 17.1. The third-order valence-electron chi connectivity index (χ3n) is 4.61. The summed E-state index contributed by atoms with van der Waals surface area (Å²) in [7, 11) is 4.85. The molecule has 0 unspecified atom stereocenters. The number of carbonyl (C=O) groups is 1. The van der Waals surface area contributed by atoms with E-state index in [2.05, 4.69) is 26.0 Å². The lowest BCUT2D eigenvalue weighted by Gasteiger charge is -2.12. The highest BCUT2D eigenvalue weighted by atomic mass is 16.5. The van der Waals surface area contributed by atoms with Crippen LogP contribution < -0.4 is 14.2 Å². The maximum absolute atomic E-state index is 12.3. The highest BCUT2D eigenvalue weighted by Crippen LogP contribution is 2.34. The van der Waals surface area contributed by atoms with E-state index in [1.54, 1.807) is 57.4 Å². The minimum atomic E-state index is -0.154. The number of ether oxygens (including phenoxy) is 3. The van der Waals surface area contributed by atoms with Crippen molar-refractivity contribution >= 4 is 17.1 Å². The van der Waals surface area contributed by atoms with E-state index in [9.17, 15) is 10.1 Å². The van der Waals surface area contributed by atoms with Crippen molar-refractivity contribution in [1.82, 2.24) is 24.8 Å². The van der Waals surface area contributed by atoms with Gasteiger partial charge < -0.3 is 24.1 Å². The first kappa shape index (κ1) is 21.6. The highest BCUT2D eigenvalue weighted by molar-refractivity contribution is 5.94. The van der Waals surface area contributed by atoms with Crippen LogP contribution in [0.1, 0.15) is 21.7 Å². The molecule has 0 aliphatic heterocycles. The van der Waals surface area contributed by atoms with Crippen molar-refractivity contribution in [2.24, 2.45) is 0 Å². The minimum Gasteiger partial charge on any atom is -0.493 e. The largest absolute Gasteiger partial charge is 0.493 e. The monoisotopic (exact) mass is 444 g/mol. The molecule has 0 saturated heterocycles. The molecule has 2 heterocycles. The zero-order valence-electron chi connectivity index (χ0n) is 18.4. The number of rotatable bonds is 6. The number of H-pyrrole nitrogens is 1. The Balaban J connectivity index is 1.74. The molecule has 0 radical (unpaired) electrons. The van der Waals surface area contributed by atoms with Crippen molar-refractivity contribution in [3.05, 3.63) is 59.4 Å². The van der Waals surface area contributed by atoms with Gasteiger partial charge in [0.15, 0.2) is 17.1 Å². The zero-order valence-corrected chi connectivity index (χ0v) is 18.4. The van der Waals surface area contributed by atoms with Gasteiger partial charge in [0.2, 0.25) is 0 Å². The van der Waals surface area contributed by atoms with Gasteiger partial charge in [0, 0.05) is 25.7 Å². The molecule has 10 nitrogen and oxygen atoms in total. The topological polar surface area (TPSA) is 126 Å². The molecule has 2 aromatic heterocycles. The Hall–Kier alpha value is -4.65. The van der Waals surface area contributed by atoms with Gasteiger partial charge in [0.05, 0.1) is 18.7 Å². The van der Waals surface area contributed by atoms with Crippen molar-refractivity contribution < 1.29 is 19.0 Å². The number of methoxy groups -OCH3 is 1. The Morgan fingerprint density at radius 3 is 2.61 bits per heavy atom. The number of hydrogen-bond acceptors (Lipinski definition) is 8. The third kappa shape index (κ3) is 4.52. The number of fused-ring (bicyclic) bond motifs is 1. The average molecular weight is 444 g/mol. The predicted octanol–water partition coefficient (Wildman–Crippen LogP) is 3.83. The molecular weight excluding hydrogens is 424 g/mol. The van der Waals surface area contributed by atoms with Crippen LogP contribution in [0.3, 0.4) is 0 Å². The van der Waals surface area contributed by atoms with E-state index in [4.69, 9.17) is 14.2 Å². The molecule has 2 aromatic carbocycles. The number of aromatic nitrogens is 4. The molecule has 1 N–H and O–H groups in total. The standard InChI is InChI=1S/C23H20N6O4/c1-13-25-19-20(26-13)27-23(33-18-10-14(12-24)8-9-17(18)31-4)28-21(19)32-16-7-5-6-15(11-16)22(30)29(2)3/h5-11H,1-4H3,(H,25,26,27,28). The first-order valence-electron chi connectivity index (χ1n) is 9.88. The predicted molar refractivity (Wildman–Crippen MR) is 119 cm³/mol. The summed E-state index contributed by atoms with van der Waals surface area (Å²) in [5.41, 5.74) is 1.67. The van der Waals surface area contributed by atoms with Crippen LogP contribution in [0.25, 0.3) is 11.2 Å². The summed E-state index contributed by atoms with van der Waals surface area (Å²) in [4.78, 5) is 29.9. The van der Waals surface area contributed by atoms with E-state index >= 15 is 0 Å². The van der Waals surface area contributed by atoms with Gasteiger partial charge in [-0.25, -0.2) is 4.98 Å². The second-order valence-electron chi connectivity index (χ2n) is 7.24. The molecular formula is C23H20N6O4.